The van der Waals surface area contributed by atoms with Gasteiger partial charge in [-0.25, -0.2) is 0 Å². The maximum Gasteiger partial charge on any atom is 0.182 e. The van der Waals surface area contributed by atoms with Crippen molar-refractivity contribution in [2.24, 2.45) is 11.8 Å². The molecule has 30 heavy (non-hydrogen) atoms. The highest BCUT2D eigenvalue weighted by Crippen LogP contribution is 2.28. The van der Waals surface area contributed by atoms with Crippen molar-refractivity contribution in [1.29, 1.82) is 0 Å². The fourth-order valence-corrected chi connectivity index (χ4v) is 4.64. The summed E-state index contributed by atoms with van der Waals surface area (Å²) in [6.07, 6.45) is 12.0. The third-order valence-corrected chi connectivity index (χ3v) is 7.49. The second kappa shape index (κ2) is 14.3. The smallest absolute Gasteiger partial charge is 0.182 e. The Hall–Kier alpha value is -0.800. The largest absolute Gasteiger partial charge is 0.292 e. The number of carbonyl (C=O) groups excluding carboxylic acids is 1. The van der Waals surface area contributed by atoms with E-state index in [1.165, 1.54) is 56.3 Å². The first-order chi connectivity index (χ1) is 14.3. The lowest BCUT2D eigenvalue weighted by molar-refractivity contribution is 0.0502. The standard InChI is InChI=1S/C27H47NOS/c1-8-12-14-22(10-3)20-28(21-23(11-4)15-13-9-2)27(5,6)26(29)24-16-18-25(30-7)19-17-24/h16-19,22-23H,8-15,20-21H2,1-7H3. The lowest BCUT2D eigenvalue weighted by Crippen LogP contribution is -2.53. The molecule has 1 rings (SSSR count). The third kappa shape index (κ3) is 8.38. The van der Waals surface area contributed by atoms with Crippen LogP contribution in [0.1, 0.15) is 103 Å². The van der Waals surface area contributed by atoms with Gasteiger partial charge in [0.05, 0.1) is 5.54 Å². The van der Waals surface area contributed by atoms with Crippen LogP contribution < -0.4 is 0 Å². The molecule has 0 saturated heterocycles. The van der Waals surface area contributed by atoms with Crippen molar-refractivity contribution in [2.45, 2.75) is 103 Å². The van der Waals surface area contributed by atoms with Crippen molar-refractivity contribution < 1.29 is 4.79 Å². The molecule has 0 radical (unpaired) electrons. The highest BCUT2D eigenvalue weighted by molar-refractivity contribution is 7.98. The van der Waals surface area contributed by atoms with Gasteiger partial charge in [-0.3, -0.25) is 9.69 Å². The van der Waals surface area contributed by atoms with Crippen LogP contribution in [0.4, 0.5) is 0 Å². The minimum Gasteiger partial charge on any atom is -0.292 e. The monoisotopic (exact) mass is 433 g/mol. The van der Waals surface area contributed by atoms with Crippen LogP contribution in [0, 0.1) is 11.8 Å². The highest BCUT2D eigenvalue weighted by Gasteiger charge is 2.36. The topological polar surface area (TPSA) is 20.3 Å². The lowest BCUT2D eigenvalue weighted by atomic mass is 9.87. The minimum atomic E-state index is -0.486. The van der Waals surface area contributed by atoms with Crippen molar-refractivity contribution in [3.05, 3.63) is 29.8 Å². The number of rotatable bonds is 16. The predicted molar refractivity (Wildman–Crippen MR) is 135 cm³/mol. The molecule has 0 aliphatic carbocycles. The zero-order chi connectivity index (χ0) is 22.6. The average Bonchev–Trinajstić information content (AvgIpc) is 2.77. The van der Waals surface area contributed by atoms with Crippen LogP contribution in [0.15, 0.2) is 29.2 Å². The van der Waals surface area contributed by atoms with Gasteiger partial charge in [-0.1, -0.05) is 78.4 Å². The Kier molecular flexibility index (Phi) is 13.0. The van der Waals surface area contributed by atoms with Gasteiger partial charge in [-0.2, -0.15) is 0 Å². The zero-order valence-electron chi connectivity index (χ0n) is 20.8. The molecular formula is C27H47NOS. The van der Waals surface area contributed by atoms with Crippen LogP contribution in [0.3, 0.4) is 0 Å². The molecule has 0 aromatic heterocycles. The predicted octanol–water partition coefficient (Wildman–Crippen LogP) is 8.10. The molecule has 0 saturated carbocycles. The second-order valence-electron chi connectivity index (χ2n) is 9.35. The summed E-state index contributed by atoms with van der Waals surface area (Å²) in [5, 5.41) is 0. The Balaban J connectivity index is 3.11. The van der Waals surface area contributed by atoms with Gasteiger partial charge in [0.1, 0.15) is 0 Å². The summed E-state index contributed by atoms with van der Waals surface area (Å²) in [6, 6.07) is 8.17. The van der Waals surface area contributed by atoms with E-state index in [0.717, 1.165) is 18.7 Å². The van der Waals surface area contributed by atoms with E-state index in [0.29, 0.717) is 11.8 Å². The van der Waals surface area contributed by atoms with Crippen LogP contribution in [-0.4, -0.2) is 35.6 Å². The van der Waals surface area contributed by atoms with Gasteiger partial charge in [0.15, 0.2) is 5.78 Å². The van der Waals surface area contributed by atoms with Gasteiger partial charge < -0.3 is 0 Å². The SMILES string of the molecule is CCCCC(CC)CN(CC(CC)CCCC)C(C)(C)C(=O)c1ccc(SC)cc1. The molecule has 0 aliphatic rings. The number of benzene rings is 1. The number of carbonyl (C=O) groups is 1. The highest BCUT2D eigenvalue weighted by atomic mass is 32.2. The van der Waals surface area contributed by atoms with Crippen molar-refractivity contribution in [3.8, 4) is 0 Å². The first-order valence-corrected chi connectivity index (χ1v) is 13.5. The molecule has 1 aromatic rings. The molecule has 0 fully saturated rings. The zero-order valence-corrected chi connectivity index (χ0v) is 21.6. The summed E-state index contributed by atoms with van der Waals surface area (Å²) in [7, 11) is 0. The molecule has 0 heterocycles. The van der Waals surface area contributed by atoms with E-state index in [-0.39, 0.29) is 5.78 Å². The third-order valence-electron chi connectivity index (χ3n) is 6.74. The van der Waals surface area contributed by atoms with Gasteiger partial charge >= 0.3 is 0 Å². The molecule has 3 heteroatoms. The number of hydrogen-bond acceptors (Lipinski definition) is 3. The summed E-state index contributed by atoms with van der Waals surface area (Å²) in [4.78, 5) is 17.4. The normalized spacial score (nSPS) is 14.1. The summed E-state index contributed by atoms with van der Waals surface area (Å²) in [6.45, 7) is 15.5. The van der Waals surface area contributed by atoms with Gasteiger partial charge in [0.25, 0.3) is 0 Å². The molecule has 172 valence electrons. The summed E-state index contributed by atoms with van der Waals surface area (Å²) >= 11 is 1.72. The molecule has 1 aromatic carbocycles. The van der Waals surface area contributed by atoms with Gasteiger partial charge in [-0.05, 0) is 56.9 Å². The van der Waals surface area contributed by atoms with E-state index in [2.05, 4.69) is 64.8 Å². The average molecular weight is 434 g/mol. The number of thioether (sulfide) groups is 1. The van der Waals surface area contributed by atoms with E-state index in [9.17, 15) is 4.79 Å². The van der Waals surface area contributed by atoms with Crippen molar-refractivity contribution in [1.82, 2.24) is 4.90 Å². The Morgan fingerprint density at radius 1 is 0.900 bits per heavy atom. The molecule has 2 unspecified atom stereocenters. The molecule has 2 nitrogen and oxygen atoms in total. The Morgan fingerprint density at radius 3 is 1.73 bits per heavy atom. The Labute approximate surface area is 191 Å². The van der Waals surface area contributed by atoms with E-state index in [4.69, 9.17) is 0 Å². The molecule has 0 bridgehead atoms. The van der Waals surface area contributed by atoms with Gasteiger partial charge in [0.2, 0.25) is 0 Å². The Bertz CT molecular complexity index is 577. The van der Waals surface area contributed by atoms with Crippen LogP contribution >= 0.6 is 11.8 Å². The van der Waals surface area contributed by atoms with Crippen molar-refractivity contribution >= 4 is 17.5 Å². The Morgan fingerprint density at radius 2 is 1.37 bits per heavy atom. The number of nitrogens with zero attached hydrogens (tertiary/aromatic N) is 1. The minimum absolute atomic E-state index is 0.255. The fourth-order valence-electron chi connectivity index (χ4n) is 4.23. The lowest BCUT2D eigenvalue weighted by Gasteiger charge is -2.41. The quantitative estimate of drug-likeness (QED) is 0.194. The summed E-state index contributed by atoms with van der Waals surface area (Å²) < 4.78 is 0. The molecular weight excluding hydrogens is 386 g/mol. The first-order valence-electron chi connectivity index (χ1n) is 12.3. The van der Waals surface area contributed by atoms with Crippen LogP contribution in [0.2, 0.25) is 0 Å². The van der Waals surface area contributed by atoms with E-state index in [1.54, 1.807) is 11.8 Å². The van der Waals surface area contributed by atoms with Crippen molar-refractivity contribution in [2.75, 3.05) is 19.3 Å². The van der Waals surface area contributed by atoms with Crippen LogP contribution in [0.5, 0.6) is 0 Å². The molecule has 0 aliphatic heterocycles. The number of unbranched alkanes of at least 4 members (excludes halogenated alkanes) is 2. The van der Waals surface area contributed by atoms with E-state index < -0.39 is 5.54 Å². The molecule has 0 N–H and O–H groups in total. The number of Topliss-reactive ketones (excluding diaryl/α,β-unsaturated/α-hetero) is 1. The fraction of sp³-hybridized carbons (Fsp3) is 0.741. The first kappa shape index (κ1) is 27.2. The van der Waals surface area contributed by atoms with Crippen LogP contribution in [-0.2, 0) is 0 Å². The van der Waals surface area contributed by atoms with E-state index in [1.807, 2.05) is 12.1 Å². The number of ketones is 1. The maximum absolute atomic E-state index is 13.6. The van der Waals surface area contributed by atoms with E-state index >= 15 is 0 Å². The number of hydrogen-bond donors (Lipinski definition) is 0. The maximum atomic E-state index is 13.6. The van der Waals surface area contributed by atoms with Gasteiger partial charge in [-0.15, -0.1) is 11.8 Å². The summed E-state index contributed by atoms with van der Waals surface area (Å²) in [5.41, 5.74) is 0.353. The summed E-state index contributed by atoms with van der Waals surface area (Å²) in [5.74, 6) is 1.59. The van der Waals surface area contributed by atoms with Crippen molar-refractivity contribution in [3.63, 3.8) is 0 Å². The van der Waals surface area contributed by atoms with Crippen LogP contribution in [0.25, 0.3) is 0 Å². The molecule has 2 atom stereocenters. The second-order valence-corrected chi connectivity index (χ2v) is 10.2. The van der Waals surface area contributed by atoms with Gasteiger partial charge in [0, 0.05) is 23.5 Å². The molecule has 0 spiro atoms. The molecule has 0 amide bonds.